The standard InChI is InChI=1S/C18H17BrN2O4/c1-12(22)21-15-7-4-6-13(9-15)18(24)25-11-17(23)20-10-14-5-2-3-8-16(14)19/h2-9H,10-11H2,1H3,(H,20,23)(H,21,22). The molecule has 0 aliphatic carbocycles. The Labute approximate surface area is 153 Å². The predicted molar refractivity (Wildman–Crippen MR) is 97.0 cm³/mol. The molecule has 0 bridgehead atoms. The average molecular weight is 405 g/mol. The van der Waals surface area contributed by atoms with Gasteiger partial charge in [0.05, 0.1) is 5.56 Å². The predicted octanol–water partition coefficient (Wildman–Crippen LogP) is 2.88. The summed E-state index contributed by atoms with van der Waals surface area (Å²) in [4.78, 5) is 34.8. The van der Waals surface area contributed by atoms with Crippen LogP contribution in [0, 0.1) is 0 Å². The van der Waals surface area contributed by atoms with E-state index in [4.69, 9.17) is 4.74 Å². The number of anilines is 1. The highest BCUT2D eigenvalue weighted by Crippen LogP contribution is 2.15. The Kier molecular flexibility index (Phi) is 6.71. The van der Waals surface area contributed by atoms with Crippen LogP contribution in [0.25, 0.3) is 0 Å². The van der Waals surface area contributed by atoms with Gasteiger partial charge < -0.3 is 15.4 Å². The van der Waals surface area contributed by atoms with Crippen molar-refractivity contribution in [3.63, 3.8) is 0 Å². The lowest BCUT2D eigenvalue weighted by molar-refractivity contribution is -0.124. The van der Waals surface area contributed by atoms with Crippen LogP contribution in [0.4, 0.5) is 5.69 Å². The maximum Gasteiger partial charge on any atom is 0.338 e. The summed E-state index contributed by atoms with van der Waals surface area (Å²) in [6.45, 7) is 1.32. The first-order valence-corrected chi connectivity index (χ1v) is 8.30. The van der Waals surface area contributed by atoms with E-state index in [9.17, 15) is 14.4 Å². The number of ether oxygens (including phenoxy) is 1. The van der Waals surface area contributed by atoms with Crippen LogP contribution >= 0.6 is 15.9 Å². The molecular weight excluding hydrogens is 388 g/mol. The molecule has 0 spiro atoms. The smallest absolute Gasteiger partial charge is 0.338 e. The van der Waals surface area contributed by atoms with Gasteiger partial charge in [0.2, 0.25) is 5.91 Å². The Morgan fingerprint density at radius 2 is 1.84 bits per heavy atom. The molecule has 0 heterocycles. The van der Waals surface area contributed by atoms with Crippen molar-refractivity contribution in [1.82, 2.24) is 5.32 Å². The molecule has 0 fully saturated rings. The Morgan fingerprint density at radius 1 is 1.08 bits per heavy atom. The Bertz CT molecular complexity index is 792. The molecule has 2 amide bonds. The van der Waals surface area contributed by atoms with Crippen molar-refractivity contribution >= 4 is 39.4 Å². The van der Waals surface area contributed by atoms with Crippen molar-refractivity contribution in [3.05, 3.63) is 64.1 Å². The van der Waals surface area contributed by atoms with E-state index in [1.807, 2.05) is 24.3 Å². The fourth-order valence-electron chi connectivity index (χ4n) is 2.03. The molecule has 2 aromatic carbocycles. The molecule has 0 saturated carbocycles. The van der Waals surface area contributed by atoms with Crippen molar-refractivity contribution in [1.29, 1.82) is 0 Å². The van der Waals surface area contributed by atoms with E-state index < -0.39 is 11.9 Å². The molecule has 0 atom stereocenters. The lowest BCUT2D eigenvalue weighted by atomic mass is 10.2. The number of nitrogens with one attached hydrogen (secondary N) is 2. The van der Waals surface area contributed by atoms with Gasteiger partial charge in [0.25, 0.3) is 5.91 Å². The van der Waals surface area contributed by atoms with Crippen LogP contribution in [-0.2, 0) is 20.9 Å². The minimum absolute atomic E-state index is 0.239. The van der Waals surface area contributed by atoms with E-state index in [-0.39, 0.29) is 18.1 Å². The monoisotopic (exact) mass is 404 g/mol. The average Bonchev–Trinajstić information content (AvgIpc) is 2.58. The first-order chi connectivity index (χ1) is 12.0. The summed E-state index contributed by atoms with van der Waals surface area (Å²) >= 11 is 3.40. The lowest BCUT2D eigenvalue weighted by Crippen LogP contribution is -2.28. The van der Waals surface area contributed by atoms with Gasteiger partial charge in [0.1, 0.15) is 0 Å². The maximum atomic E-state index is 12.0. The second kappa shape index (κ2) is 8.98. The van der Waals surface area contributed by atoms with Gasteiger partial charge in [0, 0.05) is 23.6 Å². The molecule has 25 heavy (non-hydrogen) atoms. The van der Waals surface area contributed by atoms with Crippen LogP contribution in [0.5, 0.6) is 0 Å². The number of amides is 2. The van der Waals surface area contributed by atoms with Crippen LogP contribution < -0.4 is 10.6 Å². The Balaban J connectivity index is 1.84. The lowest BCUT2D eigenvalue weighted by Gasteiger charge is -2.09. The Hall–Kier alpha value is -2.67. The van der Waals surface area contributed by atoms with E-state index in [2.05, 4.69) is 26.6 Å². The molecule has 2 aromatic rings. The second-order valence-electron chi connectivity index (χ2n) is 5.21. The number of carbonyl (C=O) groups is 3. The highest BCUT2D eigenvalue weighted by molar-refractivity contribution is 9.10. The van der Waals surface area contributed by atoms with E-state index in [0.29, 0.717) is 12.2 Å². The van der Waals surface area contributed by atoms with Gasteiger partial charge in [-0.15, -0.1) is 0 Å². The molecule has 0 aliphatic rings. The molecular formula is C18H17BrN2O4. The van der Waals surface area contributed by atoms with E-state index >= 15 is 0 Å². The van der Waals surface area contributed by atoms with Gasteiger partial charge in [-0.3, -0.25) is 9.59 Å². The SMILES string of the molecule is CC(=O)Nc1cccc(C(=O)OCC(=O)NCc2ccccc2Br)c1. The number of halogens is 1. The molecule has 130 valence electrons. The van der Waals surface area contributed by atoms with Crippen LogP contribution in [-0.4, -0.2) is 24.4 Å². The number of hydrogen-bond donors (Lipinski definition) is 2. The number of esters is 1. The number of benzene rings is 2. The molecule has 7 heteroatoms. The van der Waals surface area contributed by atoms with Crippen LogP contribution in [0.3, 0.4) is 0 Å². The molecule has 0 aromatic heterocycles. The second-order valence-corrected chi connectivity index (χ2v) is 6.06. The number of rotatable bonds is 6. The third-order valence-electron chi connectivity index (χ3n) is 3.19. The number of hydrogen-bond acceptors (Lipinski definition) is 4. The van der Waals surface area contributed by atoms with Gasteiger partial charge in [-0.25, -0.2) is 4.79 Å². The van der Waals surface area contributed by atoms with Crippen molar-refractivity contribution in [2.75, 3.05) is 11.9 Å². The molecule has 6 nitrogen and oxygen atoms in total. The van der Waals surface area contributed by atoms with Gasteiger partial charge in [-0.2, -0.15) is 0 Å². The van der Waals surface area contributed by atoms with Gasteiger partial charge in [-0.1, -0.05) is 40.2 Å². The van der Waals surface area contributed by atoms with Gasteiger partial charge in [-0.05, 0) is 29.8 Å². The maximum absolute atomic E-state index is 12.0. The van der Waals surface area contributed by atoms with Crippen LogP contribution in [0.15, 0.2) is 53.0 Å². The molecule has 0 aliphatic heterocycles. The highest BCUT2D eigenvalue weighted by Gasteiger charge is 2.11. The van der Waals surface area contributed by atoms with Gasteiger partial charge in [0.15, 0.2) is 6.61 Å². The van der Waals surface area contributed by atoms with E-state index in [0.717, 1.165) is 10.0 Å². The zero-order chi connectivity index (χ0) is 18.2. The molecule has 2 N–H and O–H groups in total. The first-order valence-electron chi connectivity index (χ1n) is 7.50. The summed E-state index contributed by atoms with van der Waals surface area (Å²) < 4.78 is 5.88. The summed E-state index contributed by atoms with van der Waals surface area (Å²) in [7, 11) is 0. The summed E-state index contributed by atoms with van der Waals surface area (Å²) in [5.74, 6) is -1.28. The summed E-state index contributed by atoms with van der Waals surface area (Å²) in [5.41, 5.74) is 1.66. The fourth-order valence-corrected chi connectivity index (χ4v) is 2.45. The zero-order valence-corrected chi connectivity index (χ0v) is 15.1. The highest BCUT2D eigenvalue weighted by atomic mass is 79.9. The van der Waals surface area contributed by atoms with Crippen molar-refractivity contribution in [3.8, 4) is 0 Å². The summed E-state index contributed by atoms with van der Waals surface area (Å²) in [5, 5.41) is 5.26. The fraction of sp³-hybridized carbons (Fsp3) is 0.167. The topological polar surface area (TPSA) is 84.5 Å². The van der Waals surface area contributed by atoms with Crippen molar-refractivity contribution in [2.45, 2.75) is 13.5 Å². The molecule has 0 saturated heterocycles. The summed E-state index contributed by atoms with van der Waals surface area (Å²) in [6, 6.07) is 13.8. The van der Waals surface area contributed by atoms with Crippen molar-refractivity contribution < 1.29 is 19.1 Å². The van der Waals surface area contributed by atoms with Gasteiger partial charge >= 0.3 is 5.97 Å². The third kappa shape index (κ3) is 6.04. The number of carbonyl (C=O) groups excluding carboxylic acids is 3. The van der Waals surface area contributed by atoms with Crippen LogP contribution in [0.2, 0.25) is 0 Å². The minimum atomic E-state index is -0.636. The zero-order valence-electron chi connectivity index (χ0n) is 13.5. The van der Waals surface area contributed by atoms with Crippen LogP contribution in [0.1, 0.15) is 22.8 Å². The Morgan fingerprint density at radius 3 is 2.56 bits per heavy atom. The normalized spacial score (nSPS) is 10.0. The molecule has 2 rings (SSSR count). The largest absolute Gasteiger partial charge is 0.452 e. The quantitative estimate of drug-likeness (QED) is 0.724. The summed E-state index contributed by atoms with van der Waals surface area (Å²) in [6.07, 6.45) is 0. The molecule has 0 radical (unpaired) electrons. The molecule has 0 unspecified atom stereocenters. The van der Waals surface area contributed by atoms with Crippen molar-refractivity contribution in [2.24, 2.45) is 0 Å². The minimum Gasteiger partial charge on any atom is -0.452 e. The van der Waals surface area contributed by atoms with E-state index in [1.165, 1.54) is 13.0 Å². The first kappa shape index (κ1) is 18.7. The third-order valence-corrected chi connectivity index (χ3v) is 3.96. The van der Waals surface area contributed by atoms with E-state index in [1.54, 1.807) is 18.2 Å².